The van der Waals surface area contributed by atoms with E-state index in [1.807, 2.05) is 12.2 Å². The Morgan fingerprint density at radius 1 is 1.17 bits per heavy atom. The van der Waals surface area contributed by atoms with Crippen LogP contribution in [0.15, 0.2) is 23.6 Å². The van der Waals surface area contributed by atoms with E-state index in [0.29, 0.717) is 37.7 Å². The van der Waals surface area contributed by atoms with Crippen LogP contribution < -0.4 is 5.32 Å². The van der Waals surface area contributed by atoms with Crippen molar-refractivity contribution in [3.63, 3.8) is 0 Å². The van der Waals surface area contributed by atoms with Crippen molar-refractivity contribution in [1.29, 1.82) is 0 Å². The number of benzene rings is 1. The number of nitrogens with zero attached hydrogens (tertiary/aromatic N) is 2. The third kappa shape index (κ3) is 7.30. The fourth-order valence-electron chi connectivity index (χ4n) is 7.07. The molecule has 1 saturated carbocycles. The van der Waals surface area contributed by atoms with Crippen LogP contribution >= 0.6 is 22.9 Å². The van der Waals surface area contributed by atoms with Crippen molar-refractivity contribution in [3.8, 4) is 0 Å². The van der Waals surface area contributed by atoms with Crippen LogP contribution in [0.5, 0.6) is 0 Å². The highest BCUT2D eigenvalue weighted by Crippen LogP contribution is 2.35. The number of alkyl halides is 2. The normalized spacial score (nSPS) is 25.9. The van der Waals surface area contributed by atoms with Crippen LogP contribution in [0.1, 0.15) is 71.3 Å². The molecule has 2 amide bonds. The lowest BCUT2D eigenvalue weighted by atomic mass is 9.87. The van der Waals surface area contributed by atoms with Crippen LogP contribution in [0.2, 0.25) is 5.02 Å². The van der Waals surface area contributed by atoms with Crippen molar-refractivity contribution < 1.29 is 37.4 Å². The third-order valence-corrected chi connectivity index (χ3v) is 11.1. The van der Waals surface area contributed by atoms with E-state index >= 15 is 4.39 Å². The van der Waals surface area contributed by atoms with Crippen molar-refractivity contribution >= 4 is 52.5 Å². The maximum Gasteiger partial charge on any atom is 0.306 e. The number of hydrogen-bond acceptors (Lipinski definition) is 6. The first-order chi connectivity index (χ1) is 22.0. The molecule has 0 radical (unpaired) electrons. The van der Waals surface area contributed by atoms with Gasteiger partial charge in [0.15, 0.2) is 0 Å². The number of halogens is 4. The SMILES string of the molecule is O=C(Nc1cc(F)c(CC(=O)N2C[C@@H](N3CCC(F)(F)C3)C[C@H]2COC2CCC(C(=O)O)CC2)cc1Cl)c1csc2c1C=CCC2. The summed E-state index contributed by atoms with van der Waals surface area (Å²) in [4.78, 5) is 42.4. The van der Waals surface area contributed by atoms with Gasteiger partial charge in [-0.05, 0) is 62.6 Å². The van der Waals surface area contributed by atoms with Gasteiger partial charge in [-0.3, -0.25) is 19.3 Å². The van der Waals surface area contributed by atoms with E-state index in [9.17, 15) is 28.3 Å². The Labute approximate surface area is 274 Å². The van der Waals surface area contributed by atoms with Gasteiger partial charge >= 0.3 is 5.97 Å². The number of nitrogens with one attached hydrogen (secondary N) is 1. The lowest BCUT2D eigenvalue weighted by Gasteiger charge is -2.30. The second-order valence-corrected chi connectivity index (χ2v) is 14.2. The third-order valence-electron chi connectivity index (χ3n) is 9.68. The lowest BCUT2D eigenvalue weighted by Crippen LogP contribution is -2.41. The molecule has 8 nitrogen and oxygen atoms in total. The van der Waals surface area contributed by atoms with Crippen molar-refractivity contribution in [2.75, 3.05) is 31.6 Å². The molecule has 3 fully saturated rings. The topological polar surface area (TPSA) is 99.2 Å². The largest absolute Gasteiger partial charge is 0.481 e. The molecular weight excluding hydrogens is 643 g/mol. The quantitative estimate of drug-likeness (QED) is 0.325. The number of hydrogen-bond donors (Lipinski definition) is 2. The summed E-state index contributed by atoms with van der Waals surface area (Å²) in [7, 11) is 0. The highest BCUT2D eigenvalue weighted by molar-refractivity contribution is 7.10. The smallest absolute Gasteiger partial charge is 0.306 e. The van der Waals surface area contributed by atoms with Gasteiger partial charge in [-0.15, -0.1) is 11.3 Å². The van der Waals surface area contributed by atoms with Gasteiger partial charge in [-0.2, -0.15) is 0 Å². The maximum atomic E-state index is 15.4. The molecule has 2 aliphatic carbocycles. The number of ether oxygens (including phenoxy) is 1. The minimum absolute atomic E-state index is 0.0617. The molecule has 2 aliphatic heterocycles. The predicted octanol–water partition coefficient (Wildman–Crippen LogP) is 6.27. The molecule has 2 atom stereocenters. The van der Waals surface area contributed by atoms with E-state index in [-0.39, 0.29) is 79.3 Å². The predicted molar refractivity (Wildman–Crippen MR) is 169 cm³/mol. The number of aryl methyl sites for hydroxylation is 1. The molecule has 0 bridgehead atoms. The molecule has 0 unspecified atom stereocenters. The first-order valence-corrected chi connectivity index (χ1v) is 17.0. The van der Waals surface area contributed by atoms with E-state index in [1.165, 1.54) is 17.4 Å². The molecule has 3 heterocycles. The number of carboxylic acid groups (broad SMARTS) is 1. The van der Waals surface area contributed by atoms with Gasteiger partial charge in [-0.1, -0.05) is 23.8 Å². The zero-order valence-electron chi connectivity index (χ0n) is 25.3. The number of thiophene rings is 1. The Morgan fingerprint density at radius 2 is 1.96 bits per heavy atom. The number of carbonyl (C=O) groups is 3. The van der Waals surface area contributed by atoms with Gasteiger partial charge < -0.3 is 20.1 Å². The summed E-state index contributed by atoms with van der Waals surface area (Å²) in [6.07, 6.45) is 7.71. The van der Waals surface area contributed by atoms with Gasteiger partial charge in [0.1, 0.15) is 5.82 Å². The molecular formula is C33H37ClF3N3O5S. The molecule has 13 heteroatoms. The van der Waals surface area contributed by atoms with E-state index in [4.69, 9.17) is 16.3 Å². The van der Waals surface area contributed by atoms with Crippen LogP contribution in [-0.2, 0) is 27.2 Å². The van der Waals surface area contributed by atoms with Crippen molar-refractivity contribution in [2.24, 2.45) is 5.92 Å². The number of aliphatic carboxylic acids is 1. The summed E-state index contributed by atoms with van der Waals surface area (Å²) in [6, 6.07) is 1.78. The second-order valence-electron chi connectivity index (χ2n) is 12.8. The van der Waals surface area contributed by atoms with Gasteiger partial charge in [0.05, 0.1) is 53.9 Å². The zero-order valence-corrected chi connectivity index (χ0v) is 26.9. The Balaban J connectivity index is 1.12. The first kappa shape index (κ1) is 33.0. The number of fused-ring (bicyclic) bond motifs is 1. The number of likely N-dealkylation sites (tertiary alicyclic amines) is 2. The van der Waals surface area contributed by atoms with Gasteiger partial charge in [-0.25, -0.2) is 13.2 Å². The fourth-order valence-corrected chi connectivity index (χ4v) is 8.33. The van der Waals surface area contributed by atoms with E-state index in [0.717, 1.165) is 29.3 Å². The van der Waals surface area contributed by atoms with Crippen LogP contribution in [0, 0.1) is 11.7 Å². The molecule has 0 spiro atoms. The van der Waals surface area contributed by atoms with Crippen LogP contribution in [0.25, 0.3) is 6.08 Å². The Morgan fingerprint density at radius 3 is 2.67 bits per heavy atom. The van der Waals surface area contributed by atoms with Gasteiger partial charge in [0.2, 0.25) is 5.91 Å². The number of carboxylic acids is 1. The fraction of sp³-hybridized carbons (Fsp3) is 0.545. The number of carbonyl (C=O) groups excluding carboxylic acids is 2. The van der Waals surface area contributed by atoms with Crippen molar-refractivity contribution in [1.82, 2.24) is 9.80 Å². The minimum atomic E-state index is -2.78. The lowest BCUT2D eigenvalue weighted by molar-refractivity contribution is -0.144. The Kier molecular flexibility index (Phi) is 9.80. The average molecular weight is 680 g/mol. The van der Waals surface area contributed by atoms with Crippen LogP contribution in [0.3, 0.4) is 0 Å². The van der Waals surface area contributed by atoms with E-state index in [1.54, 1.807) is 15.2 Å². The molecule has 248 valence electrons. The van der Waals surface area contributed by atoms with Gasteiger partial charge in [0.25, 0.3) is 11.8 Å². The Hall–Kier alpha value is -2.93. The summed E-state index contributed by atoms with van der Waals surface area (Å²) >= 11 is 7.98. The number of amides is 2. The second kappa shape index (κ2) is 13.7. The summed E-state index contributed by atoms with van der Waals surface area (Å²) in [6.45, 7) is 0.269. The zero-order chi connectivity index (χ0) is 32.6. The first-order valence-electron chi connectivity index (χ1n) is 15.8. The summed E-state index contributed by atoms with van der Waals surface area (Å²) in [5, 5.41) is 13.8. The Bertz CT molecular complexity index is 1530. The summed E-state index contributed by atoms with van der Waals surface area (Å²) in [5.41, 5.74) is 1.52. The standard InChI is InChI=1S/C33H37ClF3N3O5S/c34-26-11-20(27(35)14-28(26)38-31(42)25-17-46-29-4-2-1-3-24(25)29)12-30(41)40-15-21(39-10-9-33(36,37)18-39)13-22(40)16-45-23-7-5-19(6-8-23)32(43)44/h1,3,11,14,17,19,21-23H,2,4-10,12-13,15-16,18H2,(H,38,42)(H,43,44)/t19?,21-,22-,23?/m0/s1. The van der Waals surface area contributed by atoms with Crippen molar-refractivity contribution in [2.45, 2.75) is 81.9 Å². The molecule has 2 N–H and O–H groups in total. The molecule has 2 saturated heterocycles. The molecule has 1 aromatic heterocycles. The monoisotopic (exact) mass is 679 g/mol. The molecule has 46 heavy (non-hydrogen) atoms. The molecule has 1 aromatic carbocycles. The summed E-state index contributed by atoms with van der Waals surface area (Å²) in [5.74, 6) is -5.44. The minimum Gasteiger partial charge on any atom is -0.481 e. The van der Waals surface area contributed by atoms with Crippen molar-refractivity contribution in [3.05, 3.63) is 56.0 Å². The molecule has 6 rings (SSSR count). The van der Waals surface area contributed by atoms with Crippen LogP contribution in [0.4, 0.5) is 18.9 Å². The molecule has 2 aromatic rings. The highest BCUT2D eigenvalue weighted by Gasteiger charge is 2.45. The highest BCUT2D eigenvalue weighted by atomic mass is 35.5. The average Bonchev–Trinajstić information content (AvgIpc) is 3.75. The van der Waals surface area contributed by atoms with E-state index < -0.39 is 29.7 Å². The van der Waals surface area contributed by atoms with E-state index in [2.05, 4.69) is 5.32 Å². The maximum absolute atomic E-state index is 15.4. The number of rotatable bonds is 9. The number of allylic oxidation sites excluding steroid dienone is 1. The molecule has 4 aliphatic rings. The van der Waals surface area contributed by atoms with Gasteiger partial charge in [0, 0.05) is 41.4 Å². The number of anilines is 1. The van der Waals surface area contributed by atoms with Crippen LogP contribution in [-0.4, -0.2) is 83.0 Å². The summed E-state index contributed by atoms with van der Waals surface area (Å²) < 4.78 is 49.6.